The Bertz CT molecular complexity index is 515. The summed E-state index contributed by atoms with van der Waals surface area (Å²) in [5.74, 6) is 0.158. The van der Waals surface area contributed by atoms with Crippen LogP contribution < -0.4 is 0 Å². The van der Waals surface area contributed by atoms with E-state index in [1.807, 2.05) is 6.92 Å². The van der Waals surface area contributed by atoms with Crippen LogP contribution in [0, 0.1) is 5.82 Å². The maximum Gasteiger partial charge on any atom is 0.136 e. The fourth-order valence-electron chi connectivity index (χ4n) is 1.71. The van der Waals surface area contributed by atoms with Crippen LogP contribution in [0.15, 0.2) is 41.4 Å². The number of hydrogen-bond acceptors (Lipinski definition) is 3. The molecule has 0 bridgehead atoms. The maximum atomic E-state index is 13.4. The van der Waals surface area contributed by atoms with Crippen LogP contribution in [-0.4, -0.2) is 20.6 Å². The van der Waals surface area contributed by atoms with E-state index in [0.29, 0.717) is 17.2 Å². The molecule has 2 rings (SSSR count). The summed E-state index contributed by atoms with van der Waals surface area (Å²) >= 11 is 1.31. The average molecular weight is 266 g/mol. The molecule has 0 amide bonds. The number of rotatable bonds is 5. The van der Waals surface area contributed by atoms with Gasteiger partial charge in [-0.15, -0.1) is 11.8 Å². The van der Waals surface area contributed by atoms with Crippen molar-refractivity contribution in [2.45, 2.75) is 24.5 Å². The molecule has 2 aromatic rings. The lowest BCUT2D eigenvalue weighted by atomic mass is 10.3. The Hall–Kier alpha value is -1.33. The molecule has 0 aliphatic carbocycles. The molecule has 1 N–H and O–H groups in total. The quantitative estimate of drug-likeness (QED) is 0.846. The van der Waals surface area contributed by atoms with Gasteiger partial charge in [0.05, 0.1) is 5.69 Å². The van der Waals surface area contributed by atoms with Crippen LogP contribution in [-0.2, 0) is 6.54 Å². The number of halogens is 1. The second-order valence-corrected chi connectivity index (χ2v) is 4.89. The minimum atomic E-state index is -0.642. The van der Waals surface area contributed by atoms with Crippen molar-refractivity contribution < 1.29 is 9.50 Å². The molecule has 1 unspecified atom stereocenters. The third-order valence-corrected chi connectivity index (χ3v) is 3.75. The molecule has 0 fully saturated rings. The topological polar surface area (TPSA) is 38.0 Å². The van der Waals surface area contributed by atoms with Crippen molar-refractivity contribution >= 4 is 11.8 Å². The molecule has 18 heavy (non-hydrogen) atoms. The molecule has 3 nitrogen and oxygen atoms in total. The molecule has 0 aliphatic heterocycles. The van der Waals surface area contributed by atoms with Crippen molar-refractivity contribution in [3.8, 4) is 0 Å². The van der Waals surface area contributed by atoms with Crippen molar-refractivity contribution in [1.82, 2.24) is 9.78 Å². The lowest BCUT2D eigenvalue weighted by Crippen LogP contribution is -2.09. The van der Waals surface area contributed by atoms with E-state index in [-0.39, 0.29) is 5.82 Å². The van der Waals surface area contributed by atoms with Crippen LogP contribution in [0.2, 0.25) is 0 Å². The molecule has 0 aliphatic rings. The molecular weight excluding hydrogens is 251 g/mol. The summed E-state index contributed by atoms with van der Waals surface area (Å²) in [7, 11) is 0. The Morgan fingerprint density at radius 1 is 1.39 bits per heavy atom. The van der Waals surface area contributed by atoms with Crippen molar-refractivity contribution in [2.24, 2.45) is 0 Å². The van der Waals surface area contributed by atoms with Gasteiger partial charge < -0.3 is 5.11 Å². The standard InChI is InChI=1S/C13H15FN2OS/c1-2-16-11(7-8-15-16)12(17)9-18-13-6-4-3-5-10(13)14/h3-8,12,17H,2,9H2,1H3. The van der Waals surface area contributed by atoms with Gasteiger partial charge in [0.15, 0.2) is 0 Å². The number of benzene rings is 1. The van der Waals surface area contributed by atoms with E-state index < -0.39 is 6.10 Å². The zero-order valence-corrected chi connectivity index (χ0v) is 10.9. The molecule has 0 saturated carbocycles. The lowest BCUT2D eigenvalue weighted by Gasteiger charge is -2.12. The Morgan fingerprint density at radius 2 is 2.17 bits per heavy atom. The summed E-state index contributed by atoms with van der Waals surface area (Å²) in [4.78, 5) is 0.555. The highest BCUT2D eigenvalue weighted by molar-refractivity contribution is 7.99. The highest BCUT2D eigenvalue weighted by atomic mass is 32.2. The summed E-state index contributed by atoms with van der Waals surface area (Å²) in [6, 6.07) is 8.36. The van der Waals surface area contributed by atoms with Gasteiger partial charge in [0.2, 0.25) is 0 Å². The van der Waals surface area contributed by atoms with E-state index in [9.17, 15) is 9.50 Å². The van der Waals surface area contributed by atoms with Gasteiger partial charge in [-0.3, -0.25) is 4.68 Å². The second-order valence-electron chi connectivity index (χ2n) is 3.83. The van der Waals surface area contributed by atoms with Gasteiger partial charge in [0, 0.05) is 23.4 Å². The summed E-state index contributed by atoms with van der Waals surface area (Å²) in [5.41, 5.74) is 0.765. The highest BCUT2D eigenvalue weighted by Gasteiger charge is 2.13. The van der Waals surface area contributed by atoms with Gasteiger partial charge in [-0.25, -0.2) is 4.39 Å². The van der Waals surface area contributed by atoms with Crippen molar-refractivity contribution in [3.63, 3.8) is 0 Å². The fourth-order valence-corrected chi connectivity index (χ4v) is 2.59. The number of aliphatic hydroxyl groups is 1. The van der Waals surface area contributed by atoms with Gasteiger partial charge in [0.1, 0.15) is 11.9 Å². The molecule has 0 saturated heterocycles. The normalized spacial score (nSPS) is 12.6. The van der Waals surface area contributed by atoms with E-state index in [1.165, 1.54) is 17.8 Å². The predicted molar refractivity (Wildman–Crippen MR) is 70.0 cm³/mol. The van der Waals surface area contributed by atoms with Gasteiger partial charge >= 0.3 is 0 Å². The number of aryl methyl sites for hydroxylation is 1. The summed E-state index contributed by atoms with van der Waals surface area (Å²) in [5, 5.41) is 14.2. The molecule has 5 heteroatoms. The number of thioether (sulfide) groups is 1. The molecule has 0 spiro atoms. The molecule has 1 heterocycles. The first-order chi connectivity index (χ1) is 8.72. The minimum Gasteiger partial charge on any atom is -0.386 e. The Labute approximate surface area is 110 Å². The SMILES string of the molecule is CCn1nccc1C(O)CSc1ccccc1F. The van der Waals surface area contributed by atoms with Crippen LogP contribution in [0.25, 0.3) is 0 Å². The monoisotopic (exact) mass is 266 g/mol. The first-order valence-electron chi connectivity index (χ1n) is 5.79. The van der Waals surface area contributed by atoms with E-state index >= 15 is 0 Å². The van der Waals surface area contributed by atoms with Crippen LogP contribution in [0.3, 0.4) is 0 Å². The third kappa shape index (κ3) is 2.91. The van der Waals surface area contributed by atoms with E-state index in [1.54, 1.807) is 35.1 Å². The Morgan fingerprint density at radius 3 is 2.89 bits per heavy atom. The Kier molecular flexibility index (Phi) is 4.38. The van der Waals surface area contributed by atoms with E-state index in [2.05, 4.69) is 5.10 Å². The fraction of sp³-hybridized carbons (Fsp3) is 0.308. The molecular formula is C13H15FN2OS. The van der Waals surface area contributed by atoms with Crippen LogP contribution in [0.4, 0.5) is 4.39 Å². The maximum absolute atomic E-state index is 13.4. The zero-order chi connectivity index (χ0) is 13.0. The van der Waals surface area contributed by atoms with Gasteiger partial charge in [0.25, 0.3) is 0 Å². The van der Waals surface area contributed by atoms with E-state index in [0.717, 1.165) is 5.69 Å². The first kappa shape index (κ1) is 13.1. The minimum absolute atomic E-state index is 0.251. The van der Waals surface area contributed by atoms with Crippen molar-refractivity contribution in [3.05, 3.63) is 48.0 Å². The number of aliphatic hydroxyl groups excluding tert-OH is 1. The summed E-state index contributed by atoms with van der Waals surface area (Å²) in [6.07, 6.45) is 1.02. The van der Waals surface area contributed by atoms with E-state index in [4.69, 9.17) is 0 Å². The largest absolute Gasteiger partial charge is 0.386 e. The summed E-state index contributed by atoms with van der Waals surface area (Å²) < 4.78 is 15.2. The summed E-state index contributed by atoms with van der Waals surface area (Å²) in [6.45, 7) is 2.68. The first-order valence-corrected chi connectivity index (χ1v) is 6.78. The third-order valence-electron chi connectivity index (χ3n) is 2.62. The number of aromatic nitrogens is 2. The van der Waals surface area contributed by atoms with Gasteiger partial charge in [-0.2, -0.15) is 5.10 Å². The van der Waals surface area contributed by atoms with Crippen LogP contribution in [0.1, 0.15) is 18.7 Å². The Balaban J connectivity index is 2.01. The molecule has 1 atom stereocenters. The molecule has 1 aromatic carbocycles. The second kappa shape index (κ2) is 6.02. The number of hydrogen-bond donors (Lipinski definition) is 1. The highest BCUT2D eigenvalue weighted by Crippen LogP contribution is 2.26. The number of nitrogens with zero attached hydrogens (tertiary/aromatic N) is 2. The smallest absolute Gasteiger partial charge is 0.136 e. The zero-order valence-electron chi connectivity index (χ0n) is 10.1. The van der Waals surface area contributed by atoms with Gasteiger partial charge in [-0.05, 0) is 25.1 Å². The lowest BCUT2D eigenvalue weighted by molar-refractivity contribution is 0.192. The average Bonchev–Trinajstić information content (AvgIpc) is 2.86. The molecule has 1 aromatic heterocycles. The molecule has 0 radical (unpaired) electrons. The molecule has 96 valence electrons. The van der Waals surface area contributed by atoms with Crippen LogP contribution >= 0.6 is 11.8 Å². The predicted octanol–water partition coefficient (Wildman–Crippen LogP) is 2.87. The van der Waals surface area contributed by atoms with Crippen LogP contribution in [0.5, 0.6) is 0 Å². The van der Waals surface area contributed by atoms with Crippen molar-refractivity contribution in [1.29, 1.82) is 0 Å². The van der Waals surface area contributed by atoms with Crippen molar-refractivity contribution in [2.75, 3.05) is 5.75 Å². The van der Waals surface area contributed by atoms with Gasteiger partial charge in [-0.1, -0.05) is 12.1 Å².